The minimum atomic E-state index is -0.183. The zero-order chi connectivity index (χ0) is 20.0. The lowest BCUT2D eigenvalue weighted by molar-refractivity contribution is -0.143. The lowest BCUT2D eigenvalue weighted by Gasteiger charge is -2.06. The van der Waals surface area contributed by atoms with E-state index in [0.717, 1.165) is 25.8 Å². The fourth-order valence-corrected chi connectivity index (χ4v) is 3.08. The average Bonchev–Trinajstić information content (AvgIpc) is 2.65. The van der Waals surface area contributed by atoms with Crippen molar-refractivity contribution < 1.29 is 14.3 Å². The Morgan fingerprint density at radius 1 is 0.630 bits per heavy atom. The van der Waals surface area contributed by atoms with E-state index in [9.17, 15) is 9.59 Å². The minimum absolute atomic E-state index is 0.0550. The van der Waals surface area contributed by atoms with Crippen LogP contribution in [0.1, 0.15) is 123 Å². The molecule has 0 atom stereocenters. The van der Waals surface area contributed by atoms with Crippen molar-refractivity contribution in [3.8, 4) is 0 Å². The summed E-state index contributed by atoms with van der Waals surface area (Å²) in [5, 5.41) is 2.95. The Hall–Kier alpha value is -1.06. The van der Waals surface area contributed by atoms with E-state index in [2.05, 4.69) is 19.2 Å². The second kappa shape index (κ2) is 21.2. The summed E-state index contributed by atoms with van der Waals surface area (Å²) in [6.07, 6.45) is 19.2. The predicted octanol–water partition coefficient (Wildman–Crippen LogP) is 6.32. The molecule has 0 aromatic heterocycles. The molecule has 0 rings (SSSR count). The lowest BCUT2D eigenvalue weighted by Crippen LogP contribution is -2.24. The van der Waals surface area contributed by atoms with Crippen molar-refractivity contribution >= 4 is 11.9 Å². The number of carbonyl (C=O) groups excluding carboxylic acids is 2. The Labute approximate surface area is 168 Å². The predicted molar refractivity (Wildman–Crippen MR) is 114 cm³/mol. The van der Waals surface area contributed by atoms with E-state index >= 15 is 0 Å². The second-order valence-corrected chi connectivity index (χ2v) is 7.67. The molecule has 0 aromatic carbocycles. The molecule has 1 N–H and O–H groups in total. The number of rotatable bonds is 20. The Balaban J connectivity index is 3.24. The van der Waals surface area contributed by atoms with Gasteiger partial charge in [-0.1, -0.05) is 90.9 Å². The number of esters is 1. The molecule has 0 aliphatic rings. The van der Waals surface area contributed by atoms with E-state index in [-0.39, 0.29) is 11.9 Å². The molecule has 4 nitrogen and oxygen atoms in total. The van der Waals surface area contributed by atoms with Gasteiger partial charge in [-0.3, -0.25) is 9.59 Å². The van der Waals surface area contributed by atoms with E-state index < -0.39 is 0 Å². The van der Waals surface area contributed by atoms with Crippen molar-refractivity contribution in [2.75, 3.05) is 13.2 Å². The van der Waals surface area contributed by atoms with Crippen LogP contribution >= 0.6 is 0 Å². The number of amides is 1. The van der Waals surface area contributed by atoms with Gasteiger partial charge in [0, 0.05) is 19.4 Å². The van der Waals surface area contributed by atoms with Crippen LogP contribution in [0.3, 0.4) is 0 Å². The van der Waals surface area contributed by atoms with Crippen LogP contribution in [0.15, 0.2) is 0 Å². The highest BCUT2D eigenvalue weighted by Gasteiger charge is 2.05. The molecular formula is C23H45NO3. The number of carbonyl (C=O) groups is 2. The summed E-state index contributed by atoms with van der Waals surface area (Å²) in [4.78, 5) is 23.2. The van der Waals surface area contributed by atoms with Crippen LogP contribution in [0.2, 0.25) is 0 Å². The van der Waals surface area contributed by atoms with Crippen LogP contribution in [0.25, 0.3) is 0 Å². The molecule has 0 fully saturated rings. The maximum absolute atomic E-state index is 11.7. The molecule has 0 spiro atoms. The van der Waals surface area contributed by atoms with E-state index in [1.165, 1.54) is 70.6 Å². The SMILES string of the molecule is CCCCCCCCCCCCCCNC(=O)CCCC(=O)OCCCC. The second-order valence-electron chi connectivity index (χ2n) is 7.67. The van der Waals surface area contributed by atoms with E-state index in [4.69, 9.17) is 4.74 Å². The minimum Gasteiger partial charge on any atom is -0.466 e. The third-order valence-corrected chi connectivity index (χ3v) is 4.90. The first-order chi connectivity index (χ1) is 13.2. The summed E-state index contributed by atoms with van der Waals surface area (Å²) in [5.41, 5.74) is 0. The van der Waals surface area contributed by atoms with Crippen LogP contribution in [0, 0.1) is 0 Å². The Morgan fingerprint density at radius 3 is 1.70 bits per heavy atom. The molecule has 0 unspecified atom stereocenters. The molecule has 0 heterocycles. The van der Waals surface area contributed by atoms with E-state index in [1.807, 2.05) is 0 Å². The van der Waals surface area contributed by atoms with E-state index in [1.54, 1.807) is 0 Å². The number of unbranched alkanes of at least 4 members (excludes halogenated alkanes) is 12. The van der Waals surface area contributed by atoms with Gasteiger partial charge in [-0.2, -0.15) is 0 Å². The van der Waals surface area contributed by atoms with Crippen molar-refractivity contribution in [1.82, 2.24) is 5.32 Å². The first-order valence-electron chi connectivity index (χ1n) is 11.6. The molecule has 0 saturated heterocycles. The number of ether oxygens (including phenoxy) is 1. The van der Waals surface area contributed by atoms with Crippen LogP contribution in [0.4, 0.5) is 0 Å². The van der Waals surface area contributed by atoms with Crippen molar-refractivity contribution in [1.29, 1.82) is 0 Å². The van der Waals surface area contributed by atoms with Gasteiger partial charge in [0.1, 0.15) is 0 Å². The third kappa shape index (κ3) is 21.1. The maximum atomic E-state index is 11.7. The highest BCUT2D eigenvalue weighted by molar-refractivity contribution is 5.76. The summed E-state index contributed by atoms with van der Waals surface area (Å²) in [5.74, 6) is -0.128. The summed E-state index contributed by atoms with van der Waals surface area (Å²) >= 11 is 0. The van der Waals surface area contributed by atoms with Gasteiger partial charge >= 0.3 is 5.97 Å². The maximum Gasteiger partial charge on any atom is 0.305 e. The van der Waals surface area contributed by atoms with Crippen LogP contribution in [-0.2, 0) is 14.3 Å². The van der Waals surface area contributed by atoms with Gasteiger partial charge < -0.3 is 10.1 Å². The van der Waals surface area contributed by atoms with Gasteiger partial charge in [0.05, 0.1) is 6.61 Å². The van der Waals surface area contributed by atoms with Crippen molar-refractivity contribution in [3.63, 3.8) is 0 Å². The summed E-state index contributed by atoms with van der Waals surface area (Å²) < 4.78 is 5.08. The van der Waals surface area contributed by atoms with E-state index in [0.29, 0.717) is 25.9 Å². The summed E-state index contributed by atoms with van der Waals surface area (Å²) in [6, 6.07) is 0. The Morgan fingerprint density at radius 2 is 1.15 bits per heavy atom. The van der Waals surface area contributed by atoms with Crippen LogP contribution in [0.5, 0.6) is 0 Å². The monoisotopic (exact) mass is 383 g/mol. The molecular weight excluding hydrogens is 338 g/mol. The molecule has 27 heavy (non-hydrogen) atoms. The number of nitrogens with one attached hydrogen (secondary N) is 1. The van der Waals surface area contributed by atoms with Gasteiger partial charge in [0.25, 0.3) is 0 Å². The smallest absolute Gasteiger partial charge is 0.305 e. The third-order valence-electron chi connectivity index (χ3n) is 4.90. The van der Waals surface area contributed by atoms with Crippen LogP contribution < -0.4 is 5.32 Å². The fourth-order valence-electron chi connectivity index (χ4n) is 3.08. The fraction of sp³-hybridized carbons (Fsp3) is 0.913. The highest BCUT2D eigenvalue weighted by atomic mass is 16.5. The molecule has 0 aliphatic carbocycles. The molecule has 0 aromatic rings. The normalized spacial score (nSPS) is 10.7. The summed E-state index contributed by atoms with van der Waals surface area (Å²) in [6.45, 7) is 5.59. The largest absolute Gasteiger partial charge is 0.466 e. The Bertz CT molecular complexity index is 345. The standard InChI is InChI=1S/C23H45NO3/c1-3-5-7-8-9-10-11-12-13-14-15-16-20-24-22(25)18-17-19-23(26)27-21-6-4-2/h3-21H2,1-2H3,(H,24,25). The first-order valence-corrected chi connectivity index (χ1v) is 11.6. The first kappa shape index (κ1) is 25.9. The van der Waals surface area contributed by atoms with Gasteiger partial charge in [-0.05, 0) is 19.3 Å². The number of hydrogen-bond acceptors (Lipinski definition) is 3. The molecule has 4 heteroatoms. The molecule has 0 saturated carbocycles. The van der Waals surface area contributed by atoms with Gasteiger partial charge in [-0.15, -0.1) is 0 Å². The quantitative estimate of drug-likeness (QED) is 0.198. The summed E-state index contributed by atoms with van der Waals surface area (Å²) in [7, 11) is 0. The molecule has 0 bridgehead atoms. The molecule has 1 amide bonds. The zero-order valence-electron chi connectivity index (χ0n) is 18.2. The van der Waals surface area contributed by atoms with Crippen molar-refractivity contribution in [3.05, 3.63) is 0 Å². The molecule has 0 aliphatic heterocycles. The average molecular weight is 384 g/mol. The zero-order valence-corrected chi connectivity index (χ0v) is 18.2. The number of hydrogen-bond donors (Lipinski definition) is 1. The van der Waals surface area contributed by atoms with Crippen molar-refractivity contribution in [2.45, 2.75) is 123 Å². The Kier molecular flexibility index (Phi) is 20.4. The van der Waals surface area contributed by atoms with Crippen molar-refractivity contribution in [2.24, 2.45) is 0 Å². The highest BCUT2D eigenvalue weighted by Crippen LogP contribution is 2.11. The molecule has 0 radical (unpaired) electrons. The van der Waals surface area contributed by atoms with Gasteiger partial charge in [0.2, 0.25) is 5.91 Å². The lowest BCUT2D eigenvalue weighted by atomic mass is 10.1. The topological polar surface area (TPSA) is 55.4 Å². The van der Waals surface area contributed by atoms with Gasteiger partial charge in [-0.25, -0.2) is 0 Å². The van der Waals surface area contributed by atoms with Gasteiger partial charge in [0.15, 0.2) is 0 Å². The molecule has 160 valence electrons. The van der Waals surface area contributed by atoms with Crippen LogP contribution in [-0.4, -0.2) is 25.0 Å².